The number of carbonyl (C=O) groups is 2. The zero-order valence-corrected chi connectivity index (χ0v) is 25.8. The molecule has 0 aromatic heterocycles. The monoisotopic (exact) mass is 779 g/mol. The Hall–Kier alpha value is 0.310. The smallest absolute Gasteiger partial charge is 0.339 e. The number of esters is 2. The Balaban J connectivity index is 1.52. The van der Waals surface area contributed by atoms with Gasteiger partial charge in [0, 0.05) is 34.6 Å². The molecule has 0 radical (unpaired) electrons. The topological polar surface area (TPSA) is 55.8 Å². The first kappa shape index (κ1) is 26.9. The summed E-state index contributed by atoms with van der Waals surface area (Å²) in [7, 11) is 2.15. The number of carbonyl (C=O) groups excluding carboxylic acids is 2. The molecular weight excluding hydrogens is 747 g/mol. The van der Waals surface area contributed by atoms with Gasteiger partial charge in [-0.3, -0.25) is 9.69 Å². The lowest BCUT2D eigenvalue weighted by Gasteiger charge is -2.53. The van der Waals surface area contributed by atoms with Crippen LogP contribution in [-0.4, -0.2) is 47.2 Å². The predicted molar refractivity (Wildman–Crippen MR) is 151 cm³/mol. The molecule has 178 valence electrons. The molecule has 2 aliphatic rings. The van der Waals surface area contributed by atoms with Gasteiger partial charge in [0.15, 0.2) is 0 Å². The van der Waals surface area contributed by atoms with Gasteiger partial charge in [0.25, 0.3) is 0 Å². The van der Waals surface area contributed by atoms with Crippen LogP contribution in [-0.2, 0) is 14.3 Å². The Labute approximate surface area is 232 Å². The lowest BCUT2D eigenvalue weighted by molar-refractivity contribution is -0.165. The molecule has 0 atom stereocenters. The molecule has 0 bridgehead atoms. The van der Waals surface area contributed by atoms with Crippen LogP contribution in [0.4, 0.5) is 0 Å². The first-order valence-electron chi connectivity index (χ1n) is 11.1. The van der Waals surface area contributed by atoms with Crippen LogP contribution in [0, 0.1) is 16.6 Å². The van der Waals surface area contributed by atoms with Gasteiger partial charge < -0.3 is 9.47 Å². The summed E-state index contributed by atoms with van der Waals surface area (Å²) in [6, 6.07) is 3.92. The number of benzene rings is 1. The van der Waals surface area contributed by atoms with Crippen molar-refractivity contribution in [1.29, 1.82) is 0 Å². The van der Waals surface area contributed by atoms with Crippen LogP contribution in [0.1, 0.15) is 76.6 Å². The van der Waals surface area contributed by atoms with Gasteiger partial charge in [-0.05, 0) is 140 Å². The summed E-state index contributed by atoms with van der Waals surface area (Å²) in [6.07, 6.45) is 4.32. The van der Waals surface area contributed by atoms with Crippen LogP contribution in [0.25, 0.3) is 0 Å². The van der Waals surface area contributed by atoms with Crippen molar-refractivity contribution in [2.45, 2.75) is 89.5 Å². The fourth-order valence-corrected chi connectivity index (χ4v) is 7.34. The van der Waals surface area contributed by atoms with Gasteiger partial charge in [-0.15, -0.1) is 0 Å². The molecule has 1 aliphatic heterocycles. The Morgan fingerprint density at radius 2 is 1.47 bits per heavy atom. The molecule has 1 aromatic rings. The third-order valence-electron chi connectivity index (χ3n) is 7.05. The molecule has 1 aliphatic carbocycles. The van der Waals surface area contributed by atoms with E-state index in [1.807, 2.05) is 12.1 Å². The highest BCUT2D eigenvalue weighted by Crippen LogP contribution is 2.39. The standard InChI is InChI=1S/C24H32I3NO4/c1-23(2)12-17(13-24(3,4)28(23)5)32-21(29)14-6-8-16(9-7-14)31-22(30)18-10-15(25)11-19(26)20(18)27/h10-11,14,16-17H,6-9,12-13H2,1-5H3. The van der Waals surface area contributed by atoms with Gasteiger partial charge >= 0.3 is 11.9 Å². The minimum atomic E-state index is -0.271. The summed E-state index contributed by atoms with van der Waals surface area (Å²) in [5, 5.41) is 0. The van der Waals surface area contributed by atoms with Gasteiger partial charge in [-0.1, -0.05) is 0 Å². The Kier molecular flexibility index (Phi) is 8.84. The molecule has 1 heterocycles. The van der Waals surface area contributed by atoms with E-state index in [1.165, 1.54) is 0 Å². The molecule has 8 heteroatoms. The van der Waals surface area contributed by atoms with Crippen molar-refractivity contribution in [3.8, 4) is 0 Å². The van der Waals surface area contributed by atoms with E-state index < -0.39 is 0 Å². The summed E-state index contributed by atoms with van der Waals surface area (Å²) in [4.78, 5) is 28.0. The van der Waals surface area contributed by atoms with E-state index >= 15 is 0 Å². The van der Waals surface area contributed by atoms with Gasteiger partial charge in [-0.2, -0.15) is 0 Å². The summed E-state index contributed by atoms with van der Waals surface area (Å²) < 4.78 is 14.8. The number of nitrogens with zero attached hydrogens (tertiary/aromatic N) is 1. The first-order chi connectivity index (χ1) is 14.8. The number of ether oxygens (including phenoxy) is 2. The Bertz CT molecular complexity index is 860. The molecule has 3 rings (SSSR count). The Morgan fingerprint density at radius 3 is 2.03 bits per heavy atom. The quantitative estimate of drug-likeness (QED) is 0.201. The van der Waals surface area contributed by atoms with Crippen LogP contribution < -0.4 is 0 Å². The molecule has 0 N–H and O–H groups in total. The Morgan fingerprint density at radius 1 is 0.906 bits per heavy atom. The lowest BCUT2D eigenvalue weighted by Crippen LogP contribution is -2.60. The third kappa shape index (κ3) is 6.30. The maximum absolute atomic E-state index is 12.9. The number of hydrogen-bond donors (Lipinski definition) is 0. The fourth-order valence-electron chi connectivity index (χ4n) is 4.96. The van der Waals surface area contributed by atoms with Crippen LogP contribution in [0.15, 0.2) is 12.1 Å². The highest BCUT2D eigenvalue weighted by atomic mass is 127. The summed E-state index contributed by atoms with van der Waals surface area (Å²) >= 11 is 6.66. The largest absolute Gasteiger partial charge is 0.462 e. The van der Waals surface area contributed by atoms with Crippen molar-refractivity contribution in [3.63, 3.8) is 0 Å². The second-order valence-corrected chi connectivity index (χ2v) is 13.8. The molecule has 0 unspecified atom stereocenters. The zero-order valence-electron chi connectivity index (χ0n) is 19.3. The van der Waals surface area contributed by atoms with Gasteiger partial charge in [-0.25, -0.2) is 4.79 Å². The van der Waals surface area contributed by atoms with Crippen LogP contribution >= 0.6 is 67.8 Å². The van der Waals surface area contributed by atoms with Crippen molar-refractivity contribution in [1.82, 2.24) is 4.90 Å². The number of piperidine rings is 1. The average Bonchev–Trinajstić information content (AvgIpc) is 2.68. The molecule has 0 amide bonds. The van der Waals surface area contributed by atoms with Crippen molar-refractivity contribution < 1.29 is 19.1 Å². The van der Waals surface area contributed by atoms with E-state index in [0.717, 1.165) is 23.6 Å². The number of likely N-dealkylation sites (tertiary alicyclic amines) is 1. The SMILES string of the molecule is CN1C(C)(C)CC(OC(=O)C2CCC(OC(=O)c3cc(I)cc(I)c3I)CC2)CC1(C)C. The summed E-state index contributed by atoms with van der Waals surface area (Å²) in [5.74, 6) is -0.458. The van der Waals surface area contributed by atoms with Crippen molar-refractivity contribution >= 4 is 79.7 Å². The van der Waals surface area contributed by atoms with E-state index in [1.54, 1.807) is 0 Å². The second kappa shape index (κ2) is 10.5. The predicted octanol–water partition coefficient (Wildman–Crippen LogP) is 6.41. The van der Waals surface area contributed by atoms with Crippen LogP contribution in [0.2, 0.25) is 0 Å². The normalized spacial score (nSPS) is 25.9. The highest BCUT2D eigenvalue weighted by molar-refractivity contribution is 14.1. The third-order valence-corrected chi connectivity index (χ3v) is 10.7. The maximum atomic E-state index is 12.9. The number of rotatable bonds is 4. The minimum Gasteiger partial charge on any atom is -0.462 e. The van der Waals surface area contributed by atoms with Crippen LogP contribution in [0.5, 0.6) is 0 Å². The van der Waals surface area contributed by atoms with E-state index in [2.05, 4.69) is 107 Å². The average molecular weight is 779 g/mol. The molecule has 0 spiro atoms. The molecular formula is C24H32I3NO4. The van der Waals surface area contributed by atoms with Gasteiger partial charge in [0.2, 0.25) is 0 Å². The molecule has 2 fully saturated rings. The number of halogens is 3. The van der Waals surface area contributed by atoms with Gasteiger partial charge in [0.1, 0.15) is 12.2 Å². The fraction of sp³-hybridized carbons (Fsp3) is 0.667. The molecule has 1 saturated heterocycles. The highest BCUT2D eigenvalue weighted by Gasteiger charge is 2.45. The van der Waals surface area contributed by atoms with Crippen molar-refractivity contribution in [2.24, 2.45) is 5.92 Å². The minimum absolute atomic E-state index is 0.0108. The lowest BCUT2D eigenvalue weighted by atomic mass is 9.78. The van der Waals surface area contributed by atoms with E-state index in [-0.39, 0.29) is 41.1 Å². The van der Waals surface area contributed by atoms with Crippen LogP contribution in [0.3, 0.4) is 0 Å². The molecule has 5 nitrogen and oxygen atoms in total. The van der Waals surface area contributed by atoms with E-state index in [0.29, 0.717) is 31.2 Å². The van der Waals surface area contributed by atoms with E-state index in [9.17, 15) is 9.59 Å². The molecule has 1 saturated carbocycles. The summed E-state index contributed by atoms with van der Waals surface area (Å²) in [5.41, 5.74) is 0.600. The molecule has 32 heavy (non-hydrogen) atoms. The molecule has 1 aromatic carbocycles. The van der Waals surface area contributed by atoms with Crippen molar-refractivity contribution in [3.05, 3.63) is 28.4 Å². The van der Waals surface area contributed by atoms with Crippen molar-refractivity contribution in [2.75, 3.05) is 7.05 Å². The maximum Gasteiger partial charge on any atom is 0.339 e. The zero-order chi connectivity index (χ0) is 23.8. The first-order valence-corrected chi connectivity index (χ1v) is 14.3. The number of hydrogen-bond acceptors (Lipinski definition) is 5. The second-order valence-electron chi connectivity index (χ2n) is 10.3. The van der Waals surface area contributed by atoms with Gasteiger partial charge in [0.05, 0.1) is 11.5 Å². The van der Waals surface area contributed by atoms with E-state index in [4.69, 9.17) is 9.47 Å². The summed E-state index contributed by atoms with van der Waals surface area (Å²) in [6.45, 7) is 8.85.